The van der Waals surface area contributed by atoms with Crippen molar-refractivity contribution in [2.24, 2.45) is 0 Å². The Morgan fingerprint density at radius 2 is 1.85 bits per heavy atom. The van der Waals surface area contributed by atoms with Crippen molar-refractivity contribution >= 4 is 43.4 Å². The molecule has 2 aromatic heterocycles. The first-order valence-electron chi connectivity index (χ1n) is 8.84. The highest BCUT2D eigenvalue weighted by Crippen LogP contribution is 2.26. The second-order valence-corrected chi connectivity index (χ2v) is 7.25. The van der Waals surface area contributed by atoms with E-state index in [4.69, 9.17) is 0 Å². The maximum Gasteiger partial charge on any atom is 0.278 e. The van der Waals surface area contributed by atoms with Crippen molar-refractivity contribution in [3.8, 4) is 0 Å². The Kier molecular flexibility index (Phi) is 4.68. The van der Waals surface area contributed by atoms with Gasteiger partial charge in [0, 0.05) is 11.9 Å². The van der Waals surface area contributed by atoms with Crippen molar-refractivity contribution in [3.63, 3.8) is 0 Å². The normalized spacial score (nSPS) is 11.1. The van der Waals surface area contributed by atoms with Crippen LogP contribution < -0.4 is 10.9 Å². The summed E-state index contributed by atoms with van der Waals surface area (Å²) in [7, 11) is 0. The minimum atomic E-state index is -0.365. The van der Waals surface area contributed by atoms with Gasteiger partial charge in [-0.1, -0.05) is 55.0 Å². The fraction of sp³-hybridized carbons (Fsp3) is 0.200. The Balaban J connectivity index is 1.75. The van der Waals surface area contributed by atoms with Crippen LogP contribution in [-0.4, -0.2) is 20.7 Å². The Labute approximate surface area is 159 Å². The van der Waals surface area contributed by atoms with Gasteiger partial charge >= 0.3 is 0 Å². The Bertz CT molecular complexity index is 1160. The molecule has 7 heteroatoms. The molecular formula is C20H18N4O2S. The van der Waals surface area contributed by atoms with Crippen LogP contribution in [0.2, 0.25) is 0 Å². The molecule has 0 aliphatic carbocycles. The predicted octanol–water partition coefficient (Wildman–Crippen LogP) is 4.06. The molecule has 0 fully saturated rings. The van der Waals surface area contributed by atoms with Gasteiger partial charge in [-0.25, -0.2) is 9.67 Å². The third-order valence-corrected chi connectivity index (χ3v) is 5.27. The number of nitrogens with one attached hydrogen (secondary N) is 1. The molecule has 0 saturated heterocycles. The van der Waals surface area contributed by atoms with Crippen LogP contribution in [0.15, 0.2) is 53.3 Å². The van der Waals surface area contributed by atoms with E-state index in [0.29, 0.717) is 22.4 Å². The number of carbonyl (C=O) groups is 1. The summed E-state index contributed by atoms with van der Waals surface area (Å²) in [5, 5.41) is 8.75. The number of unbranched alkanes of at least 4 members (excludes halogenated alkanes) is 1. The Hall–Kier alpha value is -3.06. The van der Waals surface area contributed by atoms with Crippen LogP contribution in [0, 0.1) is 0 Å². The number of benzene rings is 2. The molecule has 2 heterocycles. The SMILES string of the molecule is CCCCn1nc(C(=O)Nc2nc3ccccc3s2)c2ccccc2c1=O. The van der Waals surface area contributed by atoms with E-state index in [0.717, 1.165) is 23.1 Å². The highest BCUT2D eigenvalue weighted by atomic mass is 32.1. The van der Waals surface area contributed by atoms with Crippen molar-refractivity contribution in [2.75, 3.05) is 5.32 Å². The molecule has 27 heavy (non-hydrogen) atoms. The van der Waals surface area contributed by atoms with Crippen molar-refractivity contribution < 1.29 is 4.79 Å². The van der Waals surface area contributed by atoms with Gasteiger partial charge in [0.25, 0.3) is 11.5 Å². The molecule has 0 saturated carbocycles. The number of amides is 1. The van der Waals surface area contributed by atoms with E-state index in [1.807, 2.05) is 31.2 Å². The van der Waals surface area contributed by atoms with Crippen LogP contribution in [0.1, 0.15) is 30.3 Å². The second-order valence-electron chi connectivity index (χ2n) is 6.22. The Morgan fingerprint density at radius 3 is 2.63 bits per heavy atom. The molecule has 4 aromatic rings. The standard InChI is InChI=1S/C20H18N4O2S/c1-2-3-12-24-19(26)14-9-5-4-8-13(14)17(23-24)18(25)22-20-21-15-10-6-7-11-16(15)27-20/h4-11H,2-3,12H2,1H3,(H,21,22,25). The summed E-state index contributed by atoms with van der Waals surface area (Å²) in [6.07, 6.45) is 1.76. The molecule has 0 atom stereocenters. The summed E-state index contributed by atoms with van der Waals surface area (Å²) in [6, 6.07) is 14.8. The maximum absolute atomic E-state index is 12.9. The molecule has 4 rings (SSSR count). The van der Waals surface area contributed by atoms with E-state index in [1.165, 1.54) is 16.0 Å². The molecule has 6 nitrogen and oxygen atoms in total. The number of fused-ring (bicyclic) bond motifs is 2. The number of carbonyl (C=O) groups excluding carboxylic acids is 1. The van der Waals surface area contributed by atoms with Crippen molar-refractivity contribution in [1.82, 2.24) is 14.8 Å². The van der Waals surface area contributed by atoms with Crippen LogP contribution in [0.25, 0.3) is 21.0 Å². The summed E-state index contributed by atoms with van der Waals surface area (Å²) in [6.45, 7) is 2.54. The summed E-state index contributed by atoms with van der Waals surface area (Å²) < 4.78 is 2.39. The lowest BCUT2D eigenvalue weighted by Gasteiger charge is -2.10. The van der Waals surface area contributed by atoms with E-state index in [1.54, 1.807) is 24.3 Å². The molecule has 0 spiro atoms. The van der Waals surface area contributed by atoms with Gasteiger partial charge in [-0.2, -0.15) is 5.10 Å². The van der Waals surface area contributed by atoms with Gasteiger partial charge in [0.15, 0.2) is 10.8 Å². The summed E-state index contributed by atoms with van der Waals surface area (Å²) >= 11 is 1.41. The molecule has 136 valence electrons. The van der Waals surface area contributed by atoms with Gasteiger partial charge < -0.3 is 0 Å². The third kappa shape index (κ3) is 3.33. The number of thiazole rings is 1. The van der Waals surface area contributed by atoms with E-state index in [2.05, 4.69) is 15.4 Å². The van der Waals surface area contributed by atoms with Crippen LogP contribution in [0.4, 0.5) is 5.13 Å². The molecule has 1 N–H and O–H groups in total. The number of hydrogen-bond acceptors (Lipinski definition) is 5. The number of anilines is 1. The van der Waals surface area contributed by atoms with Crippen LogP contribution in [0.3, 0.4) is 0 Å². The van der Waals surface area contributed by atoms with Crippen LogP contribution >= 0.6 is 11.3 Å². The molecular weight excluding hydrogens is 360 g/mol. The first-order valence-corrected chi connectivity index (χ1v) is 9.66. The summed E-state index contributed by atoms with van der Waals surface area (Å²) in [5.74, 6) is -0.365. The molecule has 0 bridgehead atoms. The smallest absolute Gasteiger partial charge is 0.278 e. The van der Waals surface area contributed by atoms with E-state index in [9.17, 15) is 9.59 Å². The molecule has 0 aliphatic rings. The average Bonchev–Trinajstić information content (AvgIpc) is 3.09. The first kappa shape index (κ1) is 17.4. The van der Waals surface area contributed by atoms with Gasteiger partial charge in [0.05, 0.1) is 15.6 Å². The number of aromatic nitrogens is 3. The highest BCUT2D eigenvalue weighted by Gasteiger charge is 2.18. The Morgan fingerprint density at radius 1 is 1.11 bits per heavy atom. The number of hydrogen-bond donors (Lipinski definition) is 1. The zero-order valence-corrected chi connectivity index (χ0v) is 15.6. The molecule has 2 aromatic carbocycles. The van der Waals surface area contributed by atoms with Gasteiger partial charge in [-0.15, -0.1) is 0 Å². The number of rotatable bonds is 5. The van der Waals surface area contributed by atoms with Gasteiger partial charge in [-0.05, 0) is 24.6 Å². The van der Waals surface area contributed by atoms with Crippen molar-refractivity contribution in [2.45, 2.75) is 26.3 Å². The zero-order chi connectivity index (χ0) is 18.8. The lowest BCUT2D eigenvalue weighted by atomic mass is 10.1. The predicted molar refractivity (Wildman–Crippen MR) is 108 cm³/mol. The number of nitrogens with zero attached hydrogens (tertiary/aromatic N) is 3. The average molecular weight is 378 g/mol. The van der Waals surface area contributed by atoms with Gasteiger partial charge in [-0.3, -0.25) is 14.9 Å². The lowest BCUT2D eigenvalue weighted by molar-refractivity contribution is 0.102. The van der Waals surface area contributed by atoms with Crippen molar-refractivity contribution in [1.29, 1.82) is 0 Å². The van der Waals surface area contributed by atoms with Crippen LogP contribution in [-0.2, 0) is 6.54 Å². The van der Waals surface area contributed by atoms with E-state index in [-0.39, 0.29) is 17.2 Å². The molecule has 0 aliphatic heterocycles. The van der Waals surface area contributed by atoms with Gasteiger partial charge in [0.2, 0.25) is 0 Å². The molecule has 0 unspecified atom stereocenters. The fourth-order valence-corrected chi connectivity index (χ4v) is 3.81. The van der Waals surface area contributed by atoms with E-state index < -0.39 is 0 Å². The molecule has 0 radical (unpaired) electrons. The number of aryl methyl sites for hydroxylation is 1. The minimum absolute atomic E-state index is 0.171. The van der Waals surface area contributed by atoms with Crippen LogP contribution in [0.5, 0.6) is 0 Å². The quantitative estimate of drug-likeness (QED) is 0.568. The first-order chi connectivity index (χ1) is 13.2. The second kappa shape index (κ2) is 7.28. The maximum atomic E-state index is 12.9. The van der Waals surface area contributed by atoms with E-state index >= 15 is 0 Å². The monoisotopic (exact) mass is 378 g/mol. The van der Waals surface area contributed by atoms with Crippen molar-refractivity contribution in [3.05, 3.63) is 64.6 Å². The zero-order valence-electron chi connectivity index (χ0n) is 14.8. The highest BCUT2D eigenvalue weighted by molar-refractivity contribution is 7.22. The largest absolute Gasteiger partial charge is 0.296 e. The topological polar surface area (TPSA) is 76.9 Å². The molecule has 1 amide bonds. The summed E-state index contributed by atoms with van der Waals surface area (Å²) in [4.78, 5) is 30.0. The third-order valence-electron chi connectivity index (χ3n) is 4.32. The fourth-order valence-electron chi connectivity index (χ4n) is 2.94. The number of para-hydroxylation sites is 1. The minimum Gasteiger partial charge on any atom is -0.296 e. The lowest BCUT2D eigenvalue weighted by Crippen LogP contribution is -2.27. The van der Waals surface area contributed by atoms with Gasteiger partial charge in [0.1, 0.15) is 0 Å². The summed E-state index contributed by atoms with van der Waals surface area (Å²) in [5.41, 5.74) is 0.902.